The van der Waals surface area contributed by atoms with Crippen LogP contribution in [0.5, 0.6) is 0 Å². The van der Waals surface area contributed by atoms with Gasteiger partial charge in [0.15, 0.2) is 11.6 Å². The molecule has 3 N–H and O–H groups in total. The van der Waals surface area contributed by atoms with Crippen LogP contribution in [-0.2, 0) is 22.6 Å². The Bertz CT molecular complexity index is 1150. The number of nitrogens with one attached hydrogen (secondary N) is 3. The highest BCUT2D eigenvalue weighted by molar-refractivity contribution is 5.88. The maximum atomic E-state index is 14.1. The average Bonchev–Trinajstić information content (AvgIpc) is 3.18. The number of halogens is 2. The van der Waals surface area contributed by atoms with Gasteiger partial charge in [0.1, 0.15) is 5.82 Å². The highest BCUT2D eigenvalue weighted by Crippen LogP contribution is 2.18. The maximum absolute atomic E-state index is 14.1. The van der Waals surface area contributed by atoms with Crippen LogP contribution >= 0.6 is 0 Å². The Balaban J connectivity index is 1.35. The van der Waals surface area contributed by atoms with Crippen LogP contribution in [0.15, 0.2) is 36.4 Å². The third-order valence-electron chi connectivity index (χ3n) is 5.67. The van der Waals surface area contributed by atoms with Crippen LogP contribution in [-0.4, -0.2) is 52.4 Å². The lowest BCUT2D eigenvalue weighted by Crippen LogP contribution is -2.56. The van der Waals surface area contributed by atoms with E-state index in [1.54, 1.807) is 4.90 Å². The van der Waals surface area contributed by atoms with Crippen LogP contribution in [0.3, 0.4) is 0 Å². The van der Waals surface area contributed by atoms with E-state index in [2.05, 4.69) is 20.6 Å². The van der Waals surface area contributed by atoms with Crippen molar-refractivity contribution >= 4 is 22.8 Å². The summed E-state index contributed by atoms with van der Waals surface area (Å²) in [7, 11) is 0. The summed E-state index contributed by atoms with van der Waals surface area (Å²) in [5.74, 6) is -1.67. The summed E-state index contributed by atoms with van der Waals surface area (Å²) in [6, 6.07) is 9.12. The smallest absolute Gasteiger partial charge is 0.237 e. The van der Waals surface area contributed by atoms with Crippen LogP contribution < -0.4 is 10.6 Å². The largest absolute Gasteiger partial charge is 0.356 e. The molecule has 2 amide bonds. The van der Waals surface area contributed by atoms with Gasteiger partial charge in [0, 0.05) is 38.2 Å². The Hall–Kier alpha value is -3.33. The third-order valence-corrected chi connectivity index (χ3v) is 5.67. The summed E-state index contributed by atoms with van der Waals surface area (Å²) >= 11 is 0. The summed E-state index contributed by atoms with van der Waals surface area (Å²) in [6.45, 7) is 3.24. The second-order valence-corrected chi connectivity index (χ2v) is 7.95. The molecular weight excluding hydrogens is 416 g/mol. The SMILES string of the molecule is Cc1cccc2[nH]c(CCNC(=O)C[C@@H]3C(=O)NCCN3Cc3cccc(F)c3F)nc12. The average molecular weight is 441 g/mol. The van der Waals surface area contributed by atoms with Gasteiger partial charge in [-0.3, -0.25) is 14.5 Å². The standard InChI is InChI=1S/C23H25F2N5O2/c1-14-4-2-7-17-22(14)29-19(28-17)8-9-26-20(31)12-18-23(32)27-10-11-30(18)13-15-5-3-6-16(24)21(15)25/h2-7,18H,8-13H2,1H3,(H,26,31)(H,27,32)(H,28,29)/t18-/m1/s1. The zero-order valence-corrected chi connectivity index (χ0v) is 17.8. The molecule has 168 valence electrons. The van der Waals surface area contributed by atoms with Gasteiger partial charge in [-0.2, -0.15) is 0 Å². The number of nitrogens with zero attached hydrogens (tertiary/aromatic N) is 2. The molecule has 9 heteroatoms. The van der Waals surface area contributed by atoms with Crippen molar-refractivity contribution in [3.8, 4) is 0 Å². The molecule has 4 rings (SSSR count). The van der Waals surface area contributed by atoms with Crippen molar-refractivity contribution in [2.75, 3.05) is 19.6 Å². The molecule has 0 aliphatic carbocycles. The van der Waals surface area contributed by atoms with Crippen molar-refractivity contribution in [1.82, 2.24) is 25.5 Å². The lowest BCUT2D eigenvalue weighted by atomic mass is 10.1. The van der Waals surface area contributed by atoms with Crippen LogP contribution in [0.1, 0.15) is 23.4 Å². The van der Waals surface area contributed by atoms with Crippen LogP contribution in [0.25, 0.3) is 11.0 Å². The number of aromatic nitrogens is 2. The summed E-state index contributed by atoms with van der Waals surface area (Å²) in [5.41, 5.74) is 3.09. The number of benzene rings is 2. The first-order valence-electron chi connectivity index (χ1n) is 10.6. The molecule has 1 aromatic heterocycles. The maximum Gasteiger partial charge on any atom is 0.237 e. The molecule has 7 nitrogen and oxygen atoms in total. The molecule has 2 heterocycles. The number of aryl methyl sites for hydroxylation is 1. The number of piperazine rings is 1. The quantitative estimate of drug-likeness (QED) is 0.524. The molecule has 32 heavy (non-hydrogen) atoms. The molecule has 0 unspecified atom stereocenters. The van der Waals surface area contributed by atoms with E-state index in [1.807, 2.05) is 25.1 Å². The molecule has 0 spiro atoms. The van der Waals surface area contributed by atoms with Crippen molar-refractivity contribution in [3.05, 3.63) is 65.0 Å². The fourth-order valence-electron chi connectivity index (χ4n) is 3.98. The molecule has 0 saturated carbocycles. The number of imidazole rings is 1. The predicted molar refractivity (Wildman–Crippen MR) is 116 cm³/mol. The van der Waals surface area contributed by atoms with Crippen LogP contribution in [0, 0.1) is 18.6 Å². The zero-order valence-electron chi connectivity index (χ0n) is 17.8. The highest BCUT2D eigenvalue weighted by atomic mass is 19.2. The normalized spacial score (nSPS) is 16.8. The van der Waals surface area contributed by atoms with Crippen molar-refractivity contribution in [1.29, 1.82) is 0 Å². The third kappa shape index (κ3) is 4.77. The van der Waals surface area contributed by atoms with Gasteiger partial charge >= 0.3 is 0 Å². The number of fused-ring (bicyclic) bond motifs is 1. The second-order valence-electron chi connectivity index (χ2n) is 7.95. The van der Waals surface area contributed by atoms with Crippen molar-refractivity contribution < 1.29 is 18.4 Å². The number of amides is 2. The summed E-state index contributed by atoms with van der Waals surface area (Å²) < 4.78 is 27.6. The minimum Gasteiger partial charge on any atom is -0.356 e. The van der Waals surface area contributed by atoms with E-state index >= 15 is 0 Å². The second kappa shape index (κ2) is 9.44. The molecule has 1 saturated heterocycles. The molecule has 3 aromatic rings. The number of hydrogen-bond acceptors (Lipinski definition) is 4. The minimum atomic E-state index is -0.931. The van der Waals surface area contributed by atoms with Crippen molar-refractivity contribution in [3.63, 3.8) is 0 Å². The first-order chi connectivity index (χ1) is 15.4. The molecule has 1 atom stereocenters. The molecular formula is C23H25F2N5O2. The van der Waals surface area contributed by atoms with E-state index in [1.165, 1.54) is 12.1 Å². The molecule has 1 fully saturated rings. The van der Waals surface area contributed by atoms with E-state index in [0.717, 1.165) is 28.5 Å². The Morgan fingerprint density at radius 2 is 2.06 bits per heavy atom. The van der Waals surface area contributed by atoms with Gasteiger partial charge in [0.25, 0.3) is 0 Å². The van der Waals surface area contributed by atoms with E-state index in [9.17, 15) is 18.4 Å². The van der Waals surface area contributed by atoms with Gasteiger partial charge < -0.3 is 15.6 Å². The van der Waals surface area contributed by atoms with E-state index in [4.69, 9.17) is 0 Å². The molecule has 0 radical (unpaired) electrons. The lowest BCUT2D eigenvalue weighted by Gasteiger charge is -2.34. The first-order valence-corrected chi connectivity index (χ1v) is 10.6. The van der Waals surface area contributed by atoms with E-state index in [0.29, 0.717) is 26.1 Å². The molecule has 2 aromatic carbocycles. The monoisotopic (exact) mass is 441 g/mol. The highest BCUT2D eigenvalue weighted by Gasteiger charge is 2.32. The van der Waals surface area contributed by atoms with Gasteiger partial charge in [0.2, 0.25) is 11.8 Å². The summed E-state index contributed by atoms with van der Waals surface area (Å²) in [4.78, 5) is 34.4. The number of carbonyl (C=O) groups is 2. The number of carbonyl (C=O) groups excluding carboxylic acids is 2. The topological polar surface area (TPSA) is 90.1 Å². The predicted octanol–water partition coefficient (Wildman–Crippen LogP) is 2.20. The summed E-state index contributed by atoms with van der Waals surface area (Å²) in [6.07, 6.45) is 0.455. The summed E-state index contributed by atoms with van der Waals surface area (Å²) in [5, 5.41) is 5.56. The van der Waals surface area contributed by atoms with Gasteiger partial charge in [-0.25, -0.2) is 13.8 Å². The van der Waals surface area contributed by atoms with Crippen LogP contribution in [0.4, 0.5) is 8.78 Å². The van der Waals surface area contributed by atoms with Crippen molar-refractivity contribution in [2.24, 2.45) is 0 Å². The van der Waals surface area contributed by atoms with Crippen LogP contribution in [0.2, 0.25) is 0 Å². The molecule has 1 aliphatic rings. The van der Waals surface area contributed by atoms with E-state index in [-0.39, 0.29) is 30.3 Å². The number of H-pyrrole nitrogens is 1. The minimum absolute atomic E-state index is 0.0489. The lowest BCUT2D eigenvalue weighted by molar-refractivity contribution is -0.134. The number of hydrogen-bond donors (Lipinski definition) is 3. The van der Waals surface area contributed by atoms with Gasteiger partial charge in [-0.05, 0) is 24.6 Å². The molecule has 1 aliphatic heterocycles. The Labute approximate surface area is 184 Å². The Kier molecular flexibility index (Phi) is 6.45. The van der Waals surface area contributed by atoms with Gasteiger partial charge in [0.05, 0.1) is 23.5 Å². The molecule has 0 bridgehead atoms. The zero-order chi connectivity index (χ0) is 22.7. The van der Waals surface area contributed by atoms with Crippen molar-refractivity contribution in [2.45, 2.75) is 32.4 Å². The Morgan fingerprint density at radius 1 is 1.25 bits per heavy atom. The fraction of sp³-hybridized carbons (Fsp3) is 0.348. The van der Waals surface area contributed by atoms with Gasteiger partial charge in [-0.15, -0.1) is 0 Å². The number of rotatable bonds is 7. The Morgan fingerprint density at radius 3 is 2.88 bits per heavy atom. The fourth-order valence-corrected chi connectivity index (χ4v) is 3.98. The number of para-hydroxylation sites is 1. The number of aromatic amines is 1. The van der Waals surface area contributed by atoms with E-state index < -0.39 is 17.7 Å². The van der Waals surface area contributed by atoms with Gasteiger partial charge in [-0.1, -0.05) is 24.3 Å². The first kappa shape index (κ1) is 21.9.